The van der Waals surface area contributed by atoms with Gasteiger partial charge in [-0.1, -0.05) is 42.5 Å². The van der Waals surface area contributed by atoms with E-state index < -0.39 is 18.0 Å². The lowest BCUT2D eigenvalue weighted by Gasteiger charge is -2.15. The van der Waals surface area contributed by atoms with Crippen molar-refractivity contribution in [2.24, 2.45) is 0 Å². The van der Waals surface area contributed by atoms with Gasteiger partial charge in [0, 0.05) is 6.42 Å². The summed E-state index contributed by atoms with van der Waals surface area (Å²) in [5, 5.41) is 2.43. The summed E-state index contributed by atoms with van der Waals surface area (Å²) in [6.45, 7) is 0.105. The number of methoxy groups -OCH3 is 1. The van der Waals surface area contributed by atoms with Crippen LogP contribution in [-0.4, -0.2) is 25.2 Å². The van der Waals surface area contributed by atoms with Crippen molar-refractivity contribution in [1.29, 1.82) is 0 Å². The monoisotopic (exact) mass is 327 g/mol. The van der Waals surface area contributed by atoms with Crippen LogP contribution in [0, 0.1) is 0 Å². The lowest BCUT2D eigenvalue weighted by Crippen LogP contribution is -2.43. The minimum Gasteiger partial charge on any atom is -0.497 e. The topological polar surface area (TPSA) is 88.4 Å². The number of amides is 2. The Labute approximate surface area is 140 Å². The van der Waals surface area contributed by atoms with E-state index in [0.717, 1.165) is 11.1 Å². The van der Waals surface area contributed by atoms with E-state index in [9.17, 15) is 9.59 Å². The number of alkyl carbamates (subject to hydrolysis) is 1. The highest BCUT2D eigenvalue weighted by Gasteiger charge is 2.20. The van der Waals surface area contributed by atoms with Gasteiger partial charge in [0.25, 0.3) is 5.91 Å². The third-order valence-corrected chi connectivity index (χ3v) is 3.42. The minimum atomic E-state index is -0.957. The SMILES string of the molecule is COc1ccc(CC(NC(=O)OCc2ccccc2)C([NH])=O)cc1. The Morgan fingerprint density at radius 3 is 2.29 bits per heavy atom. The Kier molecular flexibility index (Phi) is 6.19. The number of benzene rings is 2. The molecule has 0 fully saturated rings. The maximum atomic E-state index is 11.8. The van der Waals surface area contributed by atoms with Gasteiger partial charge in [-0.3, -0.25) is 10.5 Å². The van der Waals surface area contributed by atoms with Crippen LogP contribution in [0.15, 0.2) is 54.6 Å². The largest absolute Gasteiger partial charge is 0.497 e. The molecule has 0 aromatic heterocycles. The second-order valence-corrected chi connectivity index (χ2v) is 5.18. The van der Waals surface area contributed by atoms with Crippen molar-refractivity contribution in [1.82, 2.24) is 11.1 Å². The molecule has 0 spiro atoms. The molecule has 1 radical (unpaired) electrons. The summed E-state index contributed by atoms with van der Waals surface area (Å²) in [6, 6.07) is 15.3. The molecule has 2 rings (SSSR count). The number of carbonyl (C=O) groups is 2. The van der Waals surface area contributed by atoms with E-state index in [2.05, 4.69) is 5.32 Å². The van der Waals surface area contributed by atoms with Crippen LogP contribution in [0.25, 0.3) is 0 Å². The zero-order chi connectivity index (χ0) is 17.4. The quantitative estimate of drug-likeness (QED) is 0.845. The van der Waals surface area contributed by atoms with Crippen LogP contribution in [0.4, 0.5) is 4.79 Å². The van der Waals surface area contributed by atoms with Gasteiger partial charge in [-0.15, -0.1) is 0 Å². The normalized spacial score (nSPS) is 11.4. The highest BCUT2D eigenvalue weighted by atomic mass is 16.5. The third kappa shape index (κ3) is 5.31. The predicted octanol–water partition coefficient (Wildman–Crippen LogP) is 2.34. The van der Waals surface area contributed by atoms with E-state index in [1.165, 1.54) is 0 Å². The average molecular weight is 327 g/mol. The van der Waals surface area contributed by atoms with Crippen molar-refractivity contribution < 1.29 is 19.1 Å². The predicted molar refractivity (Wildman–Crippen MR) is 88.4 cm³/mol. The molecule has 0 aliphatic carbocycles. The van der Waals surface area contributed by atoms with Crippen LogP contribution in [0.1, 0.15) is 11.1 Å². The van der Waals surface area contributed by atoms with E-state index in [4.69, 9.17) is 15.2 Å². The molecule has 125 valence electrons. The molecular weight excluding hydrogens is 308 g/mol. The second kappa shape index (κ2) is 8.57. The molecule has 2 amide bonds. The Morgan fingerprint density at radius 2 is 1.71 bits per heavy atom. The van der Waals surface area contributed by atoms with Crippen molar-refractivity contribution in [3.63, 3.8) is 0 Å². The minimum absolute atomic E-state index is 0.105. The molecule has 0 bridgehead atoms. The summed E-state index contributed by atoms with van der Waals surface area (Å²) in [4.78, 5) is 23.3. The van der Waals surface area contributed by atoms with E-state index >= 15 is 0 Å². The number of rotatable bonds is 7. The van der Waals surface area contributed by atoms with Crippen molar-refractivity contribution in [2.45, 2.75) is 19.1 Å². The lowest BCUT2D eigenvalue weighted by molar-refractivity contribution is -0.120. The molecule has 0 saturated carbocycles. The van der Waals surface area contributed by atoms with Crippen molar-refractivity contribution in [3.8, 4) is 5.75 Å². The van der Waals surface area contributed by atoms with Gasteiger partial charge in [-0.25, -0.2) is 4.79 Å². The highest BCUT2D eigenvalue weighted by molar-refractivity contribution is 5.84. The summed E-state index contributed by atoms with van der Waals surface area (Å²) in [6.07, 6.45) is -0.509. The number of ether oxygens (including phenoxy) is 2. The van der Waals surface area contributed by atoms with Gasteiger partial charge in [0.05, 0.1) is 7.11 Å². The molecule has 2 N–H and O–H groups in total. The second-order valence-electron chi connectivity index (χ2n) is 5.18. The molecule has 0 aliphatic heterocycles. The molecule has 2 aromatic rings. The summed E-state index contributed by atoms with van der Waals surface area (Å²) in [5.74, 6) is -0.176. The first-order chi connectivity index (χ1) is 11.6. The molecule has 0 heterocycles. The van der Waals surface area contributed by atoms with Gasteiger partial charge in [0.2, 0.25) is 0 Å². The van der Waals surface area contributed by atoms with E-state index in [1.54, 1.807) is 31.4 Å². The van der Waals surface area contributed by atoms with E-state index in [0.29, 0.717) is 5.75 Å². The lowest BCUT2D eigenvalue weighted by atomic mass is 10.1. The van der Waals surface area contributed by atoms with Gasteiger partial charge >= 0.3 is 6.09 Å². The Balaban J connectivity index is 1.90. The smallest absolute Gasteiger partial charge is 0.408 e. The molecule has 0 saturated heterocycles. The van der Waals surface area contributed by atoms with Gasteiger partial charge in [-0.2, -0.15) is 0 Å². The van der Waals surface area contributed by atoms with Crippen LogP contribution in [0.3, 0.4) is 0 Å². The maximum Gasteiger partial charge on any atom is 0.408 e. The molecule has 24 heavy (non-hydrogen) atoms. The van der Waals surface area contributed by atoms with Gasteiger partial charge in [0.1, 0.15) is 18.4 Å². The van der Waals surface area contributed by atoms with Gasteiger partial charge < -0.3 is 14.8 Å². The van der Waals surface area contributed by atoms with Crippen molar-refractivity contribution in [3.05, 3.63) is 65.7 Å². The van der Waals surface area contributed by atoms with Crippen molar-refractivity contribution in [2.75, 3.05) is 7.11 Å². The van der Waals surface area contributed by atoms with E-state index in [1.807, 2.05) is 30.3 Å². The molecule has 6 heteroatoms. The average Bonchev–Trinajstić information content (AvgIpc) is 2.61. The maximum absolute atomic E-state index is 11.8. The first-order valence-electron chi connectivity index (χ1n) is 7.44. The molecule has 1 atom stereocenters. The summed E-state index contributed by atoms with van der Waals surface area (Å²) >= 11 is 0. The zero-order valence-electron chi connectivity index (χ0n) is 13.3. The van der Waals surface area contributed by atoms with Crippen LogP contribution in [0.5, 0.6) is 5.75 Å². The van der Waals surface area contributed by atoms with Gasteiger partial charge in [0.15, 0.2) is 0 Å². The standard InChI is InChI=1S/C18H19N2O4/c1-23-15-9-7-13(8-10-15)11-16(17(19)21)20-18(22)24-12-14-5-3-2-4-6-14/h2-10,16,19H,11-12H2,1H3,(H,20,22). The van der Waals surface area contributed by atoms with Crippen LogP contribution in [-0.2, 0) is 22.6 Å². The van der Waals surface area contributed by atoms with Gasteiger partial charge in [-0.05, 0) is 23.3 Å². The highest BCUT2D eigenvalue weighted by Crippen LogP contribution is 2.13. The zero-order valence-corrected chi connectivity index (χ0v) is 13.3. The first kappa shape index (κ1) is 17.3. The summed E-state index contributed by atoms with van der Waals surface area (Å²) < 4.78 is 10.1. The number of hydrogen-bond acceptors (Lipinski definition) is 4. The number of carbonyl (C=O) groups excluding carboxylic acids is 2. The Hall–Kier alpha value is -3.02. The fourth-order valence-corrected chi connectivity index (χ4v) is 2.11. The Bertz CT molecular complexity index is 671. The third-order valence-electron chi connectivity index (χ3n) is 3.42. The Morgan fingerprint density at radius 1 is 1.04 bits per heavy atom. The van der Waals surface area contributed by atoms with Crippen LogP contribution < -0.4 is 15.8 Å². The molecule has 0 aliphatic rings. The first-order valence-corrected chi connectivity index (χ1v) is 7.44. The van der Waals surface area contributed by atoms with E-state index in [-0.39, 0.29) is 13.0 Å². The number of hydrogen-bond donors (Lipinski definition) is 1. The molecular formula is C18H19N2O4. The summed E-state index contributed by atoms with van der Waals surface area (Å²) in [5.41, 5.74) is 8.97. The van der Waals surface area contributed by atoms with Crippen LogP contribution >= 0.6 is 0 Å². The molecule has 6 nitrogen and oxygen atoms in total. The molecule has 2 aromatic carbocycles. The van der Waals surface area contributed by atoms with Crippen LogP contribution in [0.2, 0.25) is 0 Å². The van der Waals surface area contributed by atoms with Crippen molar-refractivity contribution >= 4 is 12.0 Å². The summed E-state index contributed by atoms with van der Waals surface area (Å²) in [7, 11) is 1.56. The number of nitrogens with one attached hydrogen (secondary N) is 2. The fraction of sp³-hybridized carbons (Fsp3) is 0.222. The fourth-order valence-electron chi connectivity index (χ4n) is 2.11. The molecule has 1 unspecified atom stereocenters.